The number of carbonyl (C=O) groups is 2. The summed E-state index contributed by atoms with van der Waals surface area (Å²) in [6.07, 6.45) is 1.31. The Balaban J connectivity index is 2.12. The molecule has 1 aromatic carbocycles. The summed E-state index contributed by atoms with van der Waals surface area (Å²) in [7, 11) is -3.67. The Morgan fingerprint density at radius 2 is 2.00 bits per heavy atom. The van der Waals surface area contributed by atoms with Gasteiger partial charge in [0.05, 0.1) is 5.25 Å². The SMILES string of the molecule is CC(C)S(=O)(=O)c1nsc(NC(=O)C(C#N)=Cc2ccc(OCC(=O)O)cc2)n1. The molecule has 12 heteroatoms. The summed E-state index contributed by atoms with van der Waals surface area (Å²) < 4.78 is 32.8. The third-order valence-electron chi connectivity index (χ3n) is 3.42. The van der Waals surface area contributed by atoms with Gasteiger partial charge in [-0.25, -0.2) is 13.2 Å². The molecule has 2 aromatic rings. The molecule has 0 aliphatic carbocycles. The monoisotopic (exact) mass is 436 g/mol. The number of rotatable bonds is 8. The number of carboxylic acids is 1. The van der Waals surface area contributed by atoms with E-state index in [1.165, 1.54) is 32.1 Å². The number of sulfone groups is 1. The van der Waals surface area contributed by atoms with E-state index in [0.717, 1.165) is 0 Å². The molecule has 0 aliphatic heterocycles. The largest absolute Gasteiger partial charge is 0.482 e. The summed E-state index contributed by atoms with van der Waals surface area (Å²) in [5.74, 6) is -1.57. The average Bonchev–Trinajstić information content (AvgIpc) is 3.14. The van der Waals surface area contributed by atoms with Gasteiger partial charge in [0.15, 0.2) is 6.61 Å². The number of amides is 1. The highest BCUT2D eigenvalue weighted by Gasteiger charge is 2.25. The highest BCUT2D eigenvalue weighted by atomic mass is 32.2. The van der Waals surface area contributed by atoms with E-state index in [0.29, 0.717) is 22.8 Å². The molecule has 2 rings (SSSR count). The van der Waals surface area contributed by atoms with E-state index in [-0.39, 0.29) is 15.9 Å². The number of nitrogens with zero attached hydrogens (tertiary/aromatic N) is 3. The predicted molar refractivity (Wildman–Crippen MR) is 104 cm³/mol. The van der Waals surface area contributed by atoms with Crippen LogP contribution in [0.5, 0.6) is 5.75 Å². The number of aromatic nitrogens is 2. The first kappa shape index (κ1) is 22.0. The summed E-state index contributed by atoms with van der Waals surface area (Å²) in [6.45, 7) is 2.49. The number of anilines is 1. The Labute approximate surface area is 170 Å². The molecule has 1 aromatic heterocycles. The second kappa shape index (κ2) is 9.26. The Morgan fingerprint density at radius 3 is 2.55 bits per heavy atom. The second-order valence-corrected chi connectivity index (χ2v) is 9.00. The molecule has 1 amide bonds. The van der Waals surface area contributed by atoms with E-state index in [4.69, 9.17) is 9.84 Å². The molecule has 0 saturated heterocycles. The molecule has 0 fully saturated rings. The molecule has 0 saturated carbocycles. The third-order valence-corrected chi connectivity index (χ3v) is 6.10. The number of nitrogens with one attached hydrogen (secondary N) is 1. The van der Waals surface area contributed by atoms with E-state index in [1.54, 1.807) is 18.2 Å². The fourth-order valence-electron chi connectivity index (χ4n) is 1.87. The van der Waals surface area contributed by atoms with Gasteiger partial charge in [0.2, 0.25) is 15.0 Å². The summed E-state index contributed by atoms with van der Waals surface area (Å²) in [4.78, 5) is 26.6. The minimum absolute atomic E-state index is 0.0483. The fraction of sp³-hybridized carbons (Fsp3) is 0.235. The number of aliphatic carboxylic acids is 1. The van der Waals surface area contributed by atoms with Crippen molar-refractivity contribution < 1.29 is 27.9 Å². The highest BCUT2D eigenvalue weighted by molar-refractivity contribution is 7.91. The van der Waals surface area contributed by atoms with Crippen molar-refractivity contribution in [1.82, 2.24) is 9.36 Å². The number of hydrogen-bond acceptors (Lipinski definition) is 9. The number of nitriles is 1. The molecular formula is C17H16N4O6S2. The van der Waals surface area contributed by atoms with Gasteiger partial charge in [0, 0.05) is 11.5 Å². The van der Waals surface area contributed by atoms with E-state index < -0.39 is 33.6 Å². The third kappa shape index (κ3) is 5.84. The molecule has 0 spiro atoms. The summed E-state index contributed by atoms with van der Waals surface area (Å²) in [5, 5.41) is 19.0. The molecule has 1 heterocycles. The van der Waals surface area contributed by atoms with Crippen LogP contribution in [0, 0.1) is 11.3 Å². The van der Waals surface area contributed by atoms with Gasteiger partial charge in [-0.05, 0) is 37.6 Å². The van der Waals surface area contributed by atoms with Crippen molar-refractivity contribution in [3.05, 3.63) is 35.4 Å². The molecule has 152 valence electrons. The summed E-state index contributed by atoms with van der Waals surface area (Å²) in [6, 6.07) is 7.83. The minimum atomic E-state index is -3.67. The molecule has 0 bridgehead atoms. The molecule has 0 aliphatic rings. The first-order chi connectivity index (χ1) is 13.6. The molecule has 0 unspecified atom stereocenters. The van der Waals surface area contributed by atoms with Crippen LogP contribution in [0.1, 0.15) is 19.4 Å². The smallest absolute Gasteiger partial charge is 0.341 e. The number of ether oxygens (including phenoxy) is 1. The number of carbonyl (C=O) groups excluding carboxylic acids is 1. The van der Waals surface area contributed by atoms with E-state index in [1.807, 2.05) is 0 Å². The summed E-state index contributed by atoms with van der Waals surface area (Å²) >= 11 is 0.693. The van der Waals surface area contributed by atoms with Gasteiger partial charge in [0.25, 0.3) is 11.1 Å². The lowest BCUT2D eigenvalue weighted by molar-refractivity contribution is -0.139. The van der Waals surface area contributed by atoms with Crippen LogP contribution in [-0.4, -0.2) is 46.6 Å². The maximum Gasteiger partial charge on any atom is 0.341 e. The zero-order valence-electron chi connectivity index (χ0n) is 15.3. The molecule has 2 N–H and O–H groups in total. The van der Waals surface area contributed by atoms with Gasteiger partial charge in [-0.3, -0.25) is 10.1 Å². The van der Waals surface area contributed by atoms with Crippen molar-refractivity contribution in [2.45, 2.75) is 24.3 Å². The van der Waals surface area contributed by atoms with Crippen LogP contribution in [0.4, 0.5) is 5.13 Å². The van der Waals surface area contributed by atoms with Crippen molar-refractivity contribution in [2.75, 3.05) is 11.9 Å². The van der Waals surface area contributed by atoms with Crippen LogP contribution < -0.4 is 10.1 Å². The van der Waals surface area contributed by atoms with Gasteiger partial charge in [0.1, 0.15) is 17.4 Å². The van der Waals surface area contributed by atoms with Gasteiger partial charge in [-0.2, -0.15) is 14.6 Å². The van der Waals surface area contributed by atoms with Crippen molar-refractivity contribution in [3.63, 3.8) is 0 Å². The van der Waals surface area contributed by atoms with Crippen LogP contribution >= 0.6 is 11.5 Å². The number of benzene rings is 1. The molecule has 29 heavy (non-hydrogen) atoms. The van der Waals surface area contributed by atoms with Crippen molar-refractivity contribution in [2.24, 2.45) is 0 Å². The van der Waals surface area contributed by atoms with Crippen molar-refractivity contribution >= 4 is 44.5 Å². The first-order valence-electron chi connectivity index (χ1n) is 8.09. The van der Waals surface area contributed by atoms with E-state index in [9.17, 15) is 23.3 Å². The van der Waals surface area contributed by atoms with E-state index in [2.05, 4.69) is 14.7 Å². The maximum absolute atomic E-state index is 12.3. The van der Waals surface area contributed by atoms with Gasteiger partial charge in [-0.1, -0.05) is 12.1 Å². The zero-order chi connectivity index (χ0) is 21.6. The van der Waals surface area contributed by atoms with Crippen LogP contribution in [0.15, 0.2) is 35.0 Å². The molecule has 10 nitrogen and oxygen atoms in total. The molecule has 0 atom stereocenters. The van der Waals surface area contributed by atoms with Crippen LogP contribution in [0.25, 0.3) is 6.08 Å². The molecule has 0 radical (unpaired) electrons. The van der Waals surface area contributed by atoms with Crippen LogP contribution in [0.3, 0.4) is 0 Å². The lowest BCUT2D eigenvalue weighted by atomic mass is 10.1. The lowest BCUT2D eigenvalue weighted by Gasteiger charge is -2.04. The lowest BCUT2D eigenvalue weighted by Crippen LogP contribution is -2.16. The van der Waals surface area contributed by atoms with Gasteiger partial charge in [-0.15, -0.1) is 0 Å². The Morgan fingerprint density at radius 1 is 1.34 bits per heavy atom. The highest BCUT2D eigenvalue weighted by Crippen LogP contribution is 2.20. The molecular weight excluding hydrogens is 420 g/mol. The van der Waals surface area contributed by atoms with Crippen LogP contribution in [0.2, 0.25) is 0 Å². The zero-order valence-corrected chi connectivity index (χ0v) is 17.0. The fourth-order valence-corrected chi connectivity index (χ4v) is 3.57. The topological polar surface area (TPSA) is 159 Å². The second-order valence-electron chi connectivity index (χ2n) is 5.85. The van der Waals surface area contributed by atoms with Gasteiger partial charge >= 0.3 is 5.97 Å². The maximum atomic E-state index is 12.3. The normalized spacial score (nSPS) is 11.7. The Hall–Kier alpha value is -3.30. The summed E-state index contributed by atoms with van der Waals surface area (Å²) in [5.41, 5.74) is 0.257. The Kier molecular flexibility index (Phi) is 7.03. The Bertz CT molecular complexity index is 1080. The standard InChI is InChI=1S/C17H16N4O6S2/c1-10(2)29(25,26)17-20-16(28-21-17)19-15(24)12(8-18)7-11-3-5-13(6-4-11)27-9-14(22)23/h3-7,10H,9H2,1-2H3,(H,22,23)(H,19,20,21,24). The first-order valence-corrected chi connectivity index (χ1v) is 10.4. The number of hydrogen-bond donors (Lipinski definition) is 2. The van der Waals surface area contributed by atoms with Crippen molar-refractivity contribution in [1.29, 1.82) is 5.26 Å². The van der Waals surface area contributed by atoms with Crippen molar-refractivity contribution in [3.8, 4) is 11.8 Å². The quantitative estimate of drug-likeness (QED) is 0.464. The number of carboxylic acid groups (broad SMARTS) is 1. The van der Waals surface area contributed by atoms with E-state index >= 15 is 0 Å². The van der Waals surface area contributed by atoms with Crippen LogP contribution in [-0.2, 0) is 19.4 Å². The predicted octanol–water partition coefficient (Wildman–Crippen LogP) is 1.73. The average molecular weight is 436 g/mol. The minimum Gasteiger partial charge on any atom is -0.482 e. The van der Waals surface area contributed by atoms with Gasteiger partial charge < -0.3 is 9.84 Å².